The maximum absolute atomic E-state index is 13.8. The van der Waals surface area contributed by atoms with Gasteiger partial charge in [-0.3, -0.25) is 19.2 Å². The molecule has 1 aliphatic heterocycles. The van der Waals surface area contributed by atoms with Crippen LogP contribution in [0.15, 0.2) is 66.7 Å². The van der Waals surface area contributed by atoms with Gasteiger partial charge in [-0.15, -0.1) is 10.2 Å². The fourth-order valence-electron chi connectivity index (χ4n) is 7.28. The van der Waals surface area contributed by atoms with E-state index in [2.05, 4.69) is 36.4 Å². The third-order valence-corrected chi connectivity index (χ3v) is 10.6. The lowest BCUT2D eigenvalue weighted by molar-refractivity contribution is -0.137. The fourth-order valence-corrected chi connectivity index (χ4v) is 7.28. The first-order valence-corrected chi connectivity index (χ1v) is 18.9. The molecule has 1 atom stereocenters. The highest BCUT2D eigenvalue weighted by Gasteiger charge is 2.29. The van der Waals surface area contributed by atoms with Gasteiger partial charge in [-0.1, -0.05) is 30.3 Å². The number of anilines is 1. The predicted octanol–water partition coefficient (Wildman–Crippen LogP) is 4.38. The first-order chi connectivity index (χ1) is 26.1. The average Bonchev–Trinajstić information content (AvgIpc) is 3.67. The molecule has 0 spiro atoms. The van der Waals surface area contributed by atoms with Crippen LogP contribution in [0.25, 0.3) is 22.5 Å². The number of hydrogen-bond acceptors (Lipinski definition) is 8. The number of rotatable bonds is 14. The van der Waals surface area contributed by atoms with E-state index in [1.165, 1.54) is 0 Å². The van der Waals surface area contributed by atoms with Gasteiger partial charge in [-0.25, -0.2) is 0 Å². The molecule has 1 saturated carbocycles. The van der Waals surface area contributed by atoms with Gasteiger partial charge >= 0.3 is 5.97 Å². The van der Waals surface area contributed by atoms with Crippen LogP contribution >= 0.6 is 0 Å². The molecular formula is C41H50N8O5. The van der Waals surface area contributed by atoms with Crippen molar-refractivity contribution in [3.05, 3.63) is 89.2 Å². The van der Waals surface area contributed by atoms with Crippen molar-refractivity contribution in [3.63, 3.8) is 0 Å². The lowest BCUT2D eigenvalue weighted by Crippen LogP contribution is -2.48. The van der Waals surface area contributed by atoms with Gasteiger partial charge in [0.2, 0.25) is 11.8 Å². The zero-order chi connectivity index (χ0) is 38.0. The molecule has 0 bridgehead atoms. The normalized spacial score (nSPS) is 18.0. The van der Waals surface area contributed by atoms with Crippen LogP contribution in [0.3, 0.4) is 0 Å². The van der Waals surface area contributed by atoms with Gasteiger partial charge in [0, 0.05) is 41.6 Å². The summed E-state index contributed by atoms with van der Waals surface area (Å²) in [7, 11) is 0. The molecule has 0 unspecified atom stereocenters. The van der Waals surface area contributed by atoms with Crippen LogP contribution in [0, 0.1) is 18.8 Å². The Labute approximate surface area is 315 Å². The summed E-state index contributed by atoms with van der Waals surface area (Å²) < 4.78 is 0. The van der Waals surface area contributed by atoms with Gasteiger partial charge in [0.25, 0.3) is 5.91 Å². The van der Waals surface area contributed by atoms with E-state index in [4.69, 9.17) is 10.8 Å². The number of carbonyl (C=O) groups excluding carboxylic acids is 3. The predicted molar refractivity (Wildman–Crippen MR) is 207 cm³/mol. The first kappa shape index (κ1) is 38.3. The van der Waals surface area contributed by atoms with Gasteiger partial charge in [0.15, 0.2) is 5.82 Å². The van der Waals surface area contributed by atoms with Crippen molar-refractivity contribution in [3.8, 4) is 22.5 Å². The number of carboxylic acids is 1. The average molecular weight is 735 g/mol. The Bertz CT molecular complexity index is 1910. The number of nitrogens with one attached hydrogen (secondary N) is 5. The number of aliphatic carboxylic acids is 1. The fraction of sp³-hybridized carbons (Fsp3) is 0.415. The quantitative estimate of drug-likeness (QED) is 0.0981. The molecule has 8 N–H and O–H groups in total. The number of carboxylic acid groups (broad SMARTS) is 1. The van der Waals surface area contributed by atoms with Crippen molar-refractivity contribution in [1.82, 2.24) is 31.1 Å². The van der Waals surface area contributed by atoms with Crippen molar-refractivity contribution in [2.75, 3.05) is 25.0 Å². The summed E-state index contributed by atoms with van der Waals surface area (Å²) in [6.07, 6.45) is 5.62. The molecule has 3 aromatic carbocycles. The van der Waals surface area contributed by atoms with E-state index in [1.807, 2.05) is 49.4 Å². The summed E-state index contributed by atoms with van der Waals surface area (Å²) >= 11 is 0. The zero-order valence-electron chi connectivity index (χ0n) is 30.7. The third-order valence-electron chi connectivity index (χ3n) is 10.6. The van der Waals surface area contributed by atoms with Crippen LogP contribution < -0.4 is 27.0 Å². The van der Waals surface area contributed by atoms with E-state index in [0.717, 1.165) is 79.4 Å². The van der Waals surface area contributed by atoms with Gasteiger partial charge in [0.05, 0.1) is 6.42 Å². The summed E-state index contributed by atoms with van der Waals surface area (Å²) in [5, 5.41) is 29.6. The van der Waals surface area contributed by atoms with E-state index >= 15 is 0 Å². The standard InChI is InChI=1S/C41H50N8O5/c1-25-22-31(40(53)44-33-18-20-43-21-19-33)12-15-34(25)28-6-2-26(3-7-28)23-35(46-39(52)30-8-4-27(24-42)5-9-30)41(54)45-32-13-10-29(11-14-32)38-47-36(48-49-38)16-17-37(50)51/h2-3,6-7,10-15,22,27,30,33,35,43H,4-5,8-9,16-21,23-24,42H2,1H3,(H,44,53)(H,45,54)(H,46,52)(H,50,51)(H,47,48,49)/t27-,30-,35-/m0/s1. The number of benzene rings is 3. The number of hydrogen-bond donors (Lipinski definition) is 7. The molecule has 1 aliphatic carbocycles. The van der Waals surface area contributed by atoms with Crippen LogP contribution in [0.4, 0.5) is 5.69 Å². The highest BCUT2D eigenvalue weighted by Crippen LogP contribution is 2.29. The summed E-state index contributed by atoms with van der Waals surface area (Å²) in [5.41, 5.74) is 11.7. The van der Waals surface area contributed by atoms with Crippen molar-refractivity contribution in [2.24, 2.45) is 17.6 Å². The number of aryl methyl sites for hydroxylation is 2. The number of nitrogens with two attached hydrogens (primary N) is 1. The summed E-state index contributed by atoms with van der Waals surface area (Å²) in [5.74, 6) is -0.185. The van der Waals surface area contributed by atoms with Gasteiger partial charge in [-0.05, 0) is 130 Å². The monoisotopic (exact) mass is 734 g/mol. The van der Waals surface area contributed by atoms with Crippen LogP contribution in [0.5, 0.6) is 0 Å². The van der Waals surface area contributed by atoms with E-state index in [0.29, 0.717) is 41.8 Å². The Kier molecular flexibility index (Phi) is 12.8. The molecule has 54 heavy (non-hydrogen) atoms. The van der Waals surface area contributed by atoms with Crippen molar-refractivity contribution in [1.29, 1.82) is 0 Å². The molecule has 6 rings (SSSR count). The number of aromatic nitrogens is 3. The molecule has 1 saturated heterocycles. The zero-order valence-corrected chi connectivity index (χ0v) is 30.7. The largest absolute Gasteiger partial charge is 0.481 e. The molecule has 13 nitrogen and oxygen atoms in total. The maximum atomic E-state index is 13.8. The van der Waals surface area contributed by atoms with Crippen molar-refractivity contribution >= 4 is 29.4 Å². The Morgan fingerprint density at radius 2 is 1.59 bits per heavy atom. The number of amides is 3. The molecule has 284 valence electrons. The number of H-pyrrole nitrogens is 1. The smallest absolute Gasteiger partial charge is 0.303 e. The highest BCUT2D eigenvalue weighted by atomic mass is 16.4. The summed E-state index contributed by atoms with van der Waals surface area (Å²) in [6.45, 7) is 4.44. The van der Waals surface area contributed by atoms with Crippen LogP contribution in [-0.2, 0) is 27.2 Å². The molecule has 2 fully saturated rings. The molecule has 2 aliphatic rings. The first-order valence-electron chi connectivity index (χ1n) is 18.9. The maximum Gasteiger partial charge on any atom is 0.303 e. The highest BCUT2D eigenvalue weighted by molar-refractivity contribution is 5.98. The Balaban J connectivity index is 1.13. The summed E-state index contributed by atoms with van der Waals surface area (Å²) in [4.78, 5) is 54.2. The number of carbonyl (C=O) groups is 4. The SMILES string of the molecule is Cc1cc(C(=O)NC2CCNCC2)ccc1-c1ccc(C[C@H](NC(=O)[C@H]2CC[C@H](CN)CC2)C(=O)Nc2ccc(-c3nnc(CCC(=O)O)[nH]3)cc2)cc1. The molecule has 3 amide bonds. The second-order valence-electron chi connectivity index (χ2n) is 14.5. The van der Waals surface area contributed by atoms with Crippen LogP contribution in [0.2, 0.25) is 0 Å². The number of aromatic amines is 1. The second-order valence-corrected chi connectivity index (χ2v) is 14.5. The molecular weight excluding hydrogens is 685 g/mol. The van der Waals surface area contributed by atoms with Gasteiger partial charge in [0.1, 0.15) is 11.9 Å². The second kappa shape index (κ2) is 18.1. The third kappa shape index (κ3) is 10.2. The molecule has 0 radical (unpaired) electrons. The lowest BCUT2D eigenvalue weighted by atomic mass is 9.81. The minimum atomic E-state index is -0.912. The van der Waals surface area contributed by atoms with E-state index in [-0.39, 0.29) is 42.5 Å². The molecule has 4 aromatic rings. The minimum absolute atomic E-state index is 0.0515. The molecule has 13 heteroatoms. The van der Waals surface area contributed by atoms with Gasteiger partial charge in [-0.2, -0.15) is 0 Å². The Morgan fingerprint density at radius 3 is 2.26 bits per heavy atom. The van der Waals surface area contributed by atoms with Gasteiger partial charge < -0.3 is 37.1 Å². The van der Waals surface area contributed by atoms with E-state index in [1.54, 1.807) is 24.3 Å². The van der Waals surface area contributed by atoms with Crippen LogP contribution in [0.1, 0.15) is 72.3 Å². The van der Waals surface area contributed by atoms with Crippen molar-refractivity contribution < 1.29 is 24.3 Å². The topological polar surface area (TPSA) is 204 Å². The molecule has 2 heterocycles. The lowest BCUT2D eigenvalue weighted by Gasteiger charge is -2.28. The Hall–Kier alpha value is -5.40. The van der Waals surface area contributed by atoms with E-state index < -0.39 is 12.0 Å². The molecule has 1 aromatic heterocycles. The number of piperidine rings is 1. The van der Waals surface area contributed by atoms with E-state index in [9.17, 15) is 19.2 Å². The number of nitrogens with zero attached hydrogens (tertiary/aromatic N) is 2. The van der Waals surface area contributed by atoms with Crippen LogP contribution in [-0.4, -0.2) is 75.7 Å². The van der Waals surface area contributed by atoms with Crippen molar-refractivity contribution in [2.45, 2.75) is 76.8 Å². The minimum Gasteiger partial charge on any atom is -0.481 e. The summed E-state index contributed by atoms with van der Waals surface area (Å²) in [6, 6.07) is 20.2. The Morgan fingerprint density at radius 1 is 0.889 bits per heavy atom.